The molecule has 2 amide bonds. The second-order valence-corrected chi connectivity index (χ2v) is 8.05. The third-order valence-electron chi connectivity index (χ3n) is 3.84. The molecule has 0 aliphatic heterocycles. The maximum atomic E-state index is 12.9. The zero-order chi connectivity index (χ0) is 22.1. The molecule has 31 heavy (non-hydrogen) atoms. The number of ether oxygens (including phenoxy) is 2. The number of carbonyl (C=O) groups excluding carboxylic acids is 2. The van der Waals surface area contributed by atoms with Crippen molar-refractivity contribution >= 4 is 45.7 Å². The van der Waals surface area contributed by atoms with Gasteiger partial charge in [0, 0.05) is 16.8 Å². The quantitative estimate of drug-likeness (QED) is 0.471. The van der Waals surface area contributed by atoms with Gasteiger partial charge in [0.1, 0.15) is 17.3 Å². The fourth-order valence-electron chi connectivity index (χ4n) is 2.39. The Morgan fingerprint density at radius 1 is 1.03 bits per heavy atom. The van der Waals surface area contributed by atoms with Crippen LogP contribution in [-0.4, -0.2) is 36.3 Å². The summed E-state index contributed by atoms with van der Waals surface area (Å²) in [6.07, 6.45) is 0. The average Bonchev–Trinajstić information content (AvgIpc) is 3.21. The minimum Gasteiger partial charge on any atom is -0.497 e. The Morgan fingerprint density at radius 3 is 2.45 bits per heavy atom. The Kier molecular flexibility index (Phi) is 8.25. The van der Waals surface area contributed by atoms with Crippen molar-refractivity contribution in [2.45, 2.75) is 5.75 Å². The molecule has 10 heteroatoms. The summed E-state index contributed by atoms with van der Waals surface area (Å²) in [5, 5.41) is 7.68. The van der Waals surface area contributed by atoms with Crippen molar-refractivity contribution in [2.24, 2.45) is 0 Å². The van der Waals surface area contributed by atoms with Crippen molar-refractivity contribution in [3.8, 4) is 11.5 Å². The van der Waals surface area contributed by atoms with E-state index in [4.69, 9.17) is 9.47 Å². The van der Waals surface area contributed by atoms with E-state index in [0.29, 0.717) is 28.1 Å². The van der Waals surface area contributed by atoms with Crippen molar-refractivity contribution < 1.29 is 23.5 Å². The molecule has 0 unspecified atom stereocenters. The van der Waals surface area contributed by atoms with E-state index in [2.05, 4.69) is 15.6 Å². The largest absolute Gasteiger partial charge is 0.497 e. The molecule has 0 fully saturated rings. The molecule has 7 nitrogen and oxygen atoms in total. The molecule has 0 saturated carbocycles. The van der Waals surface area contributed by atoms with Crippen molar-refractivity contribution in [1.82, 2.24) is 4.98 Å². The van der Waals surface area contributed by atoms with Gasteiger partial charge >= 0.3 is 0 Å². The van der Waals surface area contributed by atoms with E-state index in [1.54, 1.807) is 31.4 Å². The minimum absolute atomic E-state index is 0.139. The molecule has 0 aliphatic rings. The van der Waals surface area contributed by atoms with Gasteiger partial charge < -0.3 is 14.8 Å². The lowest BCUT2D eigenvalue weighted by molar-refractivity contribution is -0.118. The lowest BCUT2D eigenvalue weighted by atomic mass is 10.3. The molecule has 1 heterocycles. The number of rotatable bonds is 10. The number of amides is 2. The highest BCUT2D eigenvalue weighted by Gasteiger charge is 2.09. The van der Waals surface area contributed by atoms with E-state index in [1.807, 2.05) is 5.38 Å². The number of nitrogens with zero attached hydrogens (tertiary/aromatic N) is 1. The van der Waals surface area contributed by atoms with Crippen LogP contribution in [0.3, 0.4) is 0 Å². The summed E-state index contributed by atoms with van der Waals surface area (Å²) in [7, 11) is 1.58. The normalized spacial score (nSPS) is 10.4. The first-order valence-electron chi connectivity index (χ1n) is 9.16. The van der Waals surface area contributed by atoms with Crippen LogP contribution in [0, 0.1) is 5.82 Å². The van der Waals surface area contributed by atoms with Crippen molar-refractivity contribution in [3.05, 3.63) is 65.4 Å². The summed E-state index contributed by atoms with van der Waals surface area (Å²) in [5.74, 6) is 1.16. The van der Waals surface area contributed by atoms with Crippen molar-refractivity contribution in [3.63, 3.8) is 0 Å². The van der Waals surface area contributed by atoms with Gasteiger partial charge in [-0.2, -0.15) is 0 Å². The first-order chi connectivity index (χ1) is 15.0. The number of aromatic nitrogens is 1. The number of anilines is 2. The number of halogens is 1. The molecule has 0 aliphatic carbocycles. The Hall–Kier alpha value is -3.11. The standard InChI is InChI=1S/C21H20FN3O4S2/c1-28-17-6-8-18(9-7-17)29-10-19(26)25-21-24-16(12-31-21)11-30-13-20(27)23-15-4-2-14(22)3-5-15/h2-9,12H,10-11,13H2,1H3,(H,23,27)(H,24,25,26). The number of methoxy groups -OCH3 is 1. The van der Waals surface area contributed by atoms with Gasteiger partial charge in [0.15, 0.2) is 11.7 Å². The number of nitrogens with one attached hydrogen (secondary N) is 2. The average molecular weight is 462 g/mol. The van der Waals surface area contributed by atoms with E-state index in [0.717, 1.165) is 5.69 Å². The maximum absolute atomic E-state index is 12.9. The van der Waals surface area contributed by atoms with Crippen LogP contribution in [0.4, 0.5) is 15.2 Å². The second kappa shape index (κ2) is 11.3. The zero-order valence-electron chi connectivity index (χ0n) is 16.6. The van der Waals surface area contributed by atoms with Gasteiger partial charge in [-0.25, -0.2) is 9.37 Å². The Labute approximate surface area is 187 Å². The summed E-state index contributed by atoms with van der Waals surface area (Å²) in [6, 6.07) is 12.5. The highest BCUT2D eigenvalue weighted by Crippen LogP contribution is 2.20. The van der Waals surface area contributed by atoms with E-state index < -0.39 is 0 Å². The van der Waals surface area contributed by atoms with E-state index in [1.165, 1.54) is 47.4 Å². The fraction of sp³-hybridized carbons (Fsp3) is 0.190. The third kappa shape index (κ3) is 7.58. The van der Waals surface area contributed by atoms with E-state index >= 15 is 0 Å². The topological polar surface area (TPSA) is 89.6 Å². The lowest BCUT2D eigenvalue weighted by Crippen LogP contribution is -2.20. The van der Waals surface area contributed by atoms with Crippen LogP contribution in [0.5, 0.6) is 11.5 Å². The fourth-order valence-corrected chi connectivity index (χ4v) is 3.93. The predicted molar refractivity (Wildman–Crippen MR) is 120 cm³/mol. The summed E-state index contributed by atoms with van der Waals surface area (Å²) in [5.41, 5.74) is 1.30. The van der Waals surface area contributed by atoms with Gasteiger partial charge in [0.25, 0.3) is 5.91 Å². The van der Waals surface area contributed by atoms with Crippen LogP contribution in [0.15, 0.2) is 53.9 Å². The highest BCUT2D eigenvalue weighted by molar-refractivity contribution is 7.99. The predicted octanol–water partition coefficient (Wildman–Crippen LogP) is 4.18. The molecule has 162 valence electrons. The summed E-state index contributed by atoms with van der Waals surface area (Å²) in [4.78, 5) is 28.3. The monoisotopic (exact) mass is 461 g/mol. The number of benzene rings is 2. The van der Waals surface area contributed by atoms with E-state index in [-0.39, 0.29) is 30.0 Å². The van der Waals surface area contributed by atoms with Crippen LogP contribution in [-0.2, 0) is 15.3 Å². The van der Waals surface area contributed by atoms with Gasteiger partial charge in [-0.05, 0) is 48.5 Å². The summed E-state index contributed by atoms with van der Waals surface area (Å²) in [6.45, 7) is -0.139. The first-order valence-corrected chi connectivity index (χ1v) is 11.2. The smallest absolute Gasteiger partial charge is 0.264 e. The number of hydrogen-bond acceptors (Lipinski definition) is 7. The summed E-state index contributed by atoms with van der Waals surface area (Å²) >= 11 is 2.69. The molecule has 2 N–H and O–H groups in total. The number of hydrogen-bond donors (Lipinski definition) is 2. The third-order valence-corrected chi connectivity index (χ3v) is 5.61. The molecule has 0 spiro atoms. The highest BCUT2D eigenvalue weighted by atomic mass is 32.2. The van der Waals surface area contributed by atoms with Gasteiger partial charge in [-0.1, -0.05) is 0 Å². The minimum atomic E-state index is -0.355. The van der Waals surface area contributed by atoms with Crippen LogP contribution >= 0.6 is 23.1 Å². The van der Waals surface area contributed by atoms with Gasteiger partial charge in [0.2, 0.25) is 5.91 Å². The molecule has 2 aromatic carbocycles. The van der Waals surface area contributed by atoms with Crippen molar-refractivity contribution in [2.75, 3.05) is 30.1 Å². The molecule has 0 radical (unpaired) electrons. The van der Waals surface area contributed by atoms with E-state index in [9.17, 15) is 14.0 Å². The van der Waals surface area contributed by atoms with Crippen LogP contribution in [0.1, 0.15) is 5.69 Å². The molecule has 0 saturated heterocycles. The molecular formula is C21H20FN3O4S2. The number of thioether (sulfide) groups is 1. The van der Waals surface area contributed by atoms with Gasteiger partial charge in [-0.15, -0.1) is 23.1 Å². The molecule has 0 atom stereocenters. The Balaban J connectivity index is 1.36. The number of thiazole rings is 1. The lowest BCUT2D eigenvalue weighted by Gasteiger charge is -2.06. The van der Waals surface area contributed by atoms with Gasteiger partial charge in [-0.3, -0.25) is 14.9 Å². The Bertz CT molecular complexity index is 1010. The summed E-state index contributed by atoms with van der Waals surface area (Å²) < 4.78 is 23.4. The zero-order valence-corrected chi connectivity index (χ0v) is 18.2. The molecule has 0 bridgehead atoms. The SMILES string of the molecule is COc1ccc(OCC(=O)Nc2nc(CSCC(=O)Nc3ccc(F)cc3)cs2)cc1. The van der Waals surface area contributed by atoms with Gasteiger partial charge in [0.05, 0.1) is 18.6 Å². The van der Waals surface area contributed by atoms with Crippen LogP contribution in [0.2, 0.25) is 0 Å². The van der Waals surface area contributed by atoms with Crippen LogP contribution in [0.25, 0.3) is 0 Å². The molecule has 3 rings (SSSR count). The maximum Gasteiger partial charge on any atom is 0.264 e. The number of carbonyl (C=O) groups is 2. The molecule has 3 aromatic rings. The molecular weight excluding hydrogens is 441 g/mol. The van der Waals surface area contributed by atoms with Crippen molar-refractivity contribution in [1.29, 1.82) is 0 Å². The Morgan fingerprint density at radius 2 is 1.74 bits per heavy atom. The molecule has 1 aromatic heterocycles. The second-order valence-electron chi connectivity index (χ2n) is 6.20. The van der Waals surface area contributed by atoms with Crippen LogP contribution < -0.4 is 20.1 Å². The first kappa shape index (κ1) is 22.6.